The summed E-state index contributed by atoms with van der Waals surface area (Å²) in [6, 6.07) is 14.9. The van der Waals surface area contributed by atoms with Crippen molar-refractivity contribution in [1.29, 1.82) is 0 Å². The Hall–Kier alpha value is -2.35. The lowest BCUT2D eigenvalue weighted by atomic mass is 9.86. The van der Waals surface area contributed by atoms with Crippen LogP contribution in [0.3, 0.4) is 0 Å². The fourth-order valence-corrected chi connectivity index (χ4v) is 2.96. The van der Waals surface area contributed by atoms with E-state index in [1.165, 1.54) is 16.7 Å². The monoisotopic (exact) mass is 335 g/mol. The minimum atomic E-state index is 0.143. The maximum absolute atomic E-state index is 6.22. The van der Waals surface area contributed by atoms with Crippen LogP contribution in [0.1, 0.15) is 44.4 Å². The molecular formula is C23H27O2+. The summed E-state index contributed by atoms with van der Waals surface area (Å²) in [6.45, 7) is 13.5. The van der Waals surface area contributed by atoms with Gasteiger partial charge in [-0.1, -0.05) is 32.9 Å². The molecule has 0 aliphatic heterocycles. The number of fused-ring (bicyclic) bond motifs is 1. The number of aryl methyl sites for hydroxylation is 2. The zero-order valence-electron chi connectivity index (χ0n) is 16.1. The van der Waals surface area contributed by atoms with Crippen LogP contribution in [0.5, 0.6) is 5.75 Å². The standard InChI is InChI=1S/C23H27O2/c1-7-24-21-14-20(17-8-10-18(11-9-17)23(4,5)6)25-22-13-16(3)15(2)12-19(21)22/h8-14H,7H2,1-6H3/q+1. The lowest BCUT2D eigenvalue weighted by molar-refractivity contribution is 0.342. The number of hydrogen-bond donors (Lipinski definition) is 0. The second-order valence-electron chi connectivity index (χ2n) is 7.67. The summed E-state index contributed by atoms with van der Waals surface area (Å²) in [5, 5.41) is 1.03. The molecule has 0 spiro atoms. The molecule has 0 N–H and O–H groups in total. The average Bonchev–Trinajstić information content (AvgIpc) is 2.56. The van der Waals surface area contributed by atoms with Crippen molar-refractivity contribution in [3.05, 3.63) is 59.2 Å². The first-order chi connectivity index (χ1) is 11.8. The minimum Gasteiger partial charge on any atom is -0.493 e. The Bertz CT molecular complexity index is 900. The van der Waals surface area contributed by atoms with Gasteiger partial charge in [0.1, 0.15) is 11.1 Å². The molecular weight excluding hydrogens is 308 g/mol. The van der Waals surface area contributed by atoms with E-state index >= 15 is 0 Å². The van der Waals surface area contributed by atoms with Gasteiger partial charge in [-0.15, -0.1) is 0 Å². The summed E-state index contributed by atoms with van der Waals surface area (Å²) in [5.41, 5.74) is 5.85. The second-order valence-corrected chi connectivity index (χ2v) is 7.67. The predicted octanol–water partition coefficient (Wildman–Crippen LogP) is 6.69. The topological polar surface area (TPSA) is 20.5 Å². The van der Waals surface area contributed by atoms with Crippen LogP contribution >= 0.6 is 0 Å². The highest BCUT2D eigenvalue weighted by Crippen LogP contribution is 2.35. The molecule has 0 aliphatic carbocycles. The summed E-state index contributed by atoms with van der Waals surface area (Å²) in [4.78, 5) is 0. The third-order valence-corrected chi connectivity index (χ3v) is 4.68. The smallest absolute Gasteiger partial charge is 0.364 e. The molecule has 130 valence electrons. The maximum atomic E-state index is 6.22. The van der Waals surface area contributed by atoms with E-state index in [0.717, 1.165) is 28.0 Å². The van der Waals surface area contributed by atoms with E-state index in [9.17, 15) is 0 Å². The number of rotatable bonds is 3. The summed E-state index contributed by atoms with van der Waals surface area (Å²) < 4.78 is 12.1. The Kier molecular flexibility index (Phi) is 4.55. The van der Waals surface area contributed by atoms with Crippen molar-refractivity contribution in [3.63, 3.8) is 0 Å². The number of benzene rings is 2. The van der Waals surface area contributed by atoms with Crippen LogP contribution in [0, 0.1) is 13.8 Å². The van der Waals surface area contributed by atoms with Crippen molar-refractivity contribution in [2.45, 2.75) is 47.0 Å². The van der Waals surface area contributed by atoms with Gasteiger partial charge in [0.2, 0.25) is 0 Å². The molecule has 0 saturated heterocycles. The van der Waals surface area contributed by atoms with Gasteiger partial charge in [0.05, 0.1) is 18.2 Å². The predicted molar refractivity (Wildman–Crippen MR) is 105 cm³/mol. The van der Waals surface area contributed by atoms with Crippen molar-refractivity contribution >= 4 is 11.0 Å². The van der Waals surface area contributed by atoms with Crippen molar-refractivity contribution in [3.8, 4) is 17.1 Å². The molecule has 1 heterocycles. The third kappa shape index (κ3) is 3.53. The number of hydrogen-bond acceptors (Lipinski definition) is 1. The Morgan fingerprint density at radius 2 is 1.56 bits per heavy atom. The Morgan fingerprint density at radius 3 is 2.16 bits per heavy atom. The van der Waals surface area contributed by atoms with E-state index in [-0.39, 0.29) is 5.41 Å². The maximum Gasteiger partial charge on any atom is 0.364 e. The highest BCUT2D eigenvalue weighted by Gasteiger charge is 2.22. The Balaban J connectivity index is 2.14. The molecule has 0 bridgehead atoms. The van der Waals surface area contributed by atoms with Crippen molar-refractivity contribution in [2.75, 3.05) is 6.61 Å². The first-order valence-corrected chi connectivity index (χ1v) is 8.91. The van der Waals surface area contributed by atoms with Crippen LogP contribution in [0.25, 0.3) is 22.3 Å². The van der Waals surface area contributed by atoms with Gasteiger partial charge in [0.15, 0.2) is 0 Å². The molecule has 0 fully saturated rings. The first kappa shape index (κ1) is 17.5. The molecule has 0 atom stereocenters. The molecule has 25 heavy (non-hydrogen) atoms. The van der Waals surface area contributed by atoms with Crippen LogP contribution in [-0.2, 0) is 5.41 Å². The number of ether oxygens (including phenoxy) is 1. The van der Waals surface area contributed by atoms with E-state index < -0.39 is 0 Å². The first-order valence-electron chi connectivity index (χ1n) is 8.91. The molecule has 3 rings (SSSR count). The van der Waals surface area contributed by atoms with E-state index in [2.05, 4.69) is 71.0 Å². The summed E-state index contributed by atoms with van der Waals surface area (Å²) >= 11 is 0. The van der Waals surface area contributed by atoms with E-state index in [4.69, 9.17) is 9.15 Å². The third-order valence-electron chi connectivity index (χ3n) is 4.68. The van der Waals surface area contributed by atoms with Crippen molar-refractivity contribution < 1.29 is 9.15 Å². The Labute approximate surface area is 150 Å². The minimum absolute atomic E-state index is 0.143. The molecule has 2 nitrogen and oxygen atoms in total. The molecule has 0 aliphatic rings. The van der Waals surface area contributed by atoms with Gasteiger partial charge in [-0.3, -0.25) is 0 Å². The van der Waals surface area contributed by atoms with Gasteiger partial charge in [0, 0.05) is 6.07 Å². The molecule has 3 aromatic rings. The quantitative estimate of drug-likeness (QED) is 0.497. The normalized spacial score (nSPS) is 11.8. The van der Waals surface area contributed by atoms with Gasteiger partial charge in [-0.2, -0.15) is 0 Å². The van der Waals surface area contributed by atoms with Gasteiger partial charge >= 0.3 is 11.3 Å². The van der Waals surface area contributed by atoms with E-state index in [0.29, 0.717) is 6.61 Å². The molecule has 0 radical (unpaired) electrons. The van der Waals surface area contributed by atoms with Crippen molar-refractivity contribution in [1.82, 2.24) is 0 Å². The fraction of sp³-hybridized carbons (Fsp3) is 0.348. The second kappa shape index (κ2) is 6.51. The SMILES string of the molecule is CCOc1cc(-c2ccc(C(C)(C)C)cc2)[o+]c2cc(C)c(C)cc12. The van der Waals surface area contributed by atoms with Crippen LogP contribution in [0.2, 0.25) is 0 Å². The molecule has 0 amide bonds. The van der Waals surface area contributed by atoms with Crippen LogP contribution in [0.4, 0.5) is 0 Å². The van der Waals surface area contributed by atoms with Crippen LogP contribution < -0.4 is 4.74 Å². The van der Waals surface area contributed by atoms with E-state index in [1.807, 2.05) is 13.0 Å². The summed E-state index contributed by atoms with van der Waals surface area (Å²) in [7, 11) is 0. The molecule has 0 saturated carbocycles. The van der Waals surface area contributed by atoms with E-state index in [1.54, 1.807) is 0 Å². The molecule has 2 heteroatoms. The zero-order valence-corrected chi connectivity index (χ0v) is 16.1. The van der Waals surface area contributed by atoms with Crippen LogP contribution in [0.15, 0.2) is 46.9 Å². The van der Waals surface area contributed by atoms with Gasteiger partial charge < -0.3 is 4.74 Å². The highest BCUT2D eigenvalue weighted by atomic mass is 16.5. The van der Waals surface area contributed by atoms with Crippen LogP contribution in [-0.4, -0.2) is 6.61 Å². The fourth-order valence-electron chi connectivity index (χ4n) is 2.96. The Morgan fingerprint density at radius 1 is 0.920 bits per heavy atom. The van der Waals surface area contributed by atoms with Gasteiger partial charge in [0.25, 0.3) is 0 Å². The van der Waals surface area contributed by atoms with Gasteiger partial charge in [-0.05, 0) is 61.1 Å². The average molecular weight is 335 g/mol. The molecule has 2 aromatic carbocycles. The largest absolute Gasteiger partial charge is 0.493 e. The van der Waals surface area contributed by atoms with Crippen molar-refractivity contribution in [2.24, 2.45) is 0 Å². The van der Waals surface area contributed by atoms with Gasteiger partial charge in [-0.25, -0.2) is 4.42 Å². The molecule has 1 aromatic heterocycles. The lowest BCUT2D eigenvalue weighted by Crippen LogP contribution is -2.10. The summed E-state index contributed by atoms with van der Waals surface area (Å²) in [6.07, 6.45) is 0. The lowest BCUT2D eigenvalue weighted by Gasteiger charge is -2.18. The summed E-state index contributed by atoms with van der Waals surface area (Å²) in [5.74, 6) is 1.71. The molecule has 0 unspecified atom stereocenters. The zero-order chi connectivity index (χ0) is 18.2. The highest BCUT2D eigenvalue weighted by molar-refractivity contribution is 5.87.